The van der Waals surface area contributed by atoms with Crippen molar-refractivity contribution in [2.45, 2.75) is 0 Å². The molecular weight excluding hydrogens is 96.0 g/mol. The summed E-state index contributed by atoms with van der Waals surface area (Å²) < 4.78 is 0. The third kappa shape index (κ3) is 4.94. The van der Waals surface area contributed by atoms with Crippen LogP contribution in [0.25, 0.3) is 0 Å². The summed E-state index contributed by atoms with van der Waals surface area (Å²) >= 11 is 0. The van der Waals surface area contributed by atoms with E-state index in [1.165, 1.54) is 13.3 Å². The second-order valence-electron chi connectivity index (χ2n) is 0.702. The third-order valence-electron chi connectivity index (χ3n) is 0.300. The van der Waals surface area contributed by atoms with Crippen LogP contribution in [0.3, 0.4) is 0 Å². The molecular formula is C3H6N2O2. The fourth-order valence-electron chi connectivity index (χ4n) is 0.118. The van der Waals surface area contributed by atoms with Crippen molar-refractivity contribution in [2.75, 3.05) is 7.11 Å². The van der Waals surface area contributed by atoms with E-state index in [2.05, 4.69) is 15.1 Å². The molecule has 0 aliphatic rings. The first-order valence-corrected chi connectivity index (χ1v) is 1.64. The van der Waals surface area contributed by atoms with Gasteiger partial charge in [-0.15, -0.1) is 0 Å². The van der Waals surface area contributed by atoms with Crippen LogP contribution in [0.5, 0.6) is 0 Å². The van der Waals surface area contributed by atoms with Crippen LogP contribution >= 0.6 is 0 Å². The molecule has 0 heterocycles. The van der Waals surface area contributed by atoms with Gasteiger partial charge in [-0.25, -0.2) is 0 Å². The minimum atomic E-state index is 1.10. The smallest absolute Gasteiger partial charge is 0.106 e. The highest BCUT2D eigenvalue weighted by atomic mass is 16.6. The Morgan fingerprint density at radius 3 is 2.71 bits per heavy atom. The van der Waals surface area contributed by atoms with E-state index >= 15 is 0 Å². The Balaban J connectivity index is 3.09. The summed E-state index contributed by atoms with van der Waals surface area (Å²) in [6, 6.07) is 0. The lowest BCUT2D eigenvalue weighted by molar-refractivity contribution is 0.216. The monoisotopic (exact) mass is 102 g/mol. The second kappa shape index (κ2) is 4.94. The molecule has 0 aromatic carbocycles. The molecule has 4 heteroatoms. The minimum absolute atomic E-state index is 1.10. The van der Waals surface area contributed by atoms with Crippen molar-refractivity contribution in [2.24, 2.45) is 10.3 Å². The van der Waals surface area contributed by atoms with Crippen LogP contribution in [0.15, 0.2) is 10.3 Å². The predicted molar refractivity (Wildman–Crippen MR) is 25.8 cm³/mol. The first-order valence-electron chi connectivity index (χ1n) is 1.64. The zero-order chi connectivity index (χ0) is 5.54. The van der Waals surface area contributed by atoms with Gasteiger partial charge in [0.25, 0.3) is 0 Å². The summed E-state index contributed by atoms with van der Waals surface area (Å²) in [6.45, 7) is 0. The van der Waals surface area contributed by atoms with E-state index in [4.69, 9.17) is 5.21 Å². The average molecular weight is 102 g/mol. The SMILES string of the molecule is CON=CC=NO. The van der Waals surface area contributed by atoms with Crippen LogP contribution in [0.2, 0.25) is 0 Å². The molecule has 0 unspecified atom stereocenters. The minimum Gasteiger partial charge on any atom is -0.411 e. The molecule has 1 N–H and O–H groups in total. The van der Waals surface area contributed by atoms with Crippen LogP contribution < -0.4 is 0 Å². The van der Waals surface area contributed by atoms with Crippen LogP contribution in [0.4, 0.5) is 0 Å². The summed E-state index contributed by atoms with van der Waals surface area (Å²) in [4.78, 5) is 4.21. The van der Waals surface area contributed by atoms with Gasteiger partial charge in [0.2, 0.25) is 0 Å². The maximum Gasteiger partial charge on any atom is 0.106 e. The Hall–Kier alpha value is -1.06. The Kier molecular flexibility index (Phi) is 4.19. The largest absolute Gasteiger partial charge is 0.411 e. The van der Waals surface area contributed by atoms with Crippen molar-refractivity contribution in [3.8, 4) is 0 Å². The van der Waals surface area contributed by atoms with Gasteiger partial charge in [-0.2, -0.15) is 0 Å². The lowest BCUT2D eigenvalue weighted by Gasteiger charge is -1.76. The number of hydrogen-bond acceptors (Lipinski definition) is 4. The normalized spacial score (nSPS) is 11.0. The number of oxime groups is 2. The number of rotatable bonds is 2. The summed E-state index contributed by atoms with van der Waals surface area (Å²) in [7, 11) is 1.40. The van der Waals surface area contributed by atoms with E-state index in [0.29, 0.717) is 0 Å². The van der Waals surface area contributed by atoms with Gasteiger partial charge in [0.1, 0.15) is 7.11 Å². The average Bonchev–Trinajstić information content (AvgIpc) is 1.69. The van der Waals surface area contributed by atoms with Gasteiger partial charge in [0, 0.05) is 0 Å². The Labute approximate surface area is 41.1 Å². The molecule has 0 bridgehead atoms. The summed E-state index contributed by atoms with van der Waals surface area (Å²) in [5.41, 5.74) is 0. The zero-order valence-corrected chi connectivity index (χ0v) is 3.90. The first-order chi connectivity index (χ1) is 3.41. The molecule has 0 atom stereocenters. The van der Waals surface area contributed by atoms with Gasteiger partial charge in [-0.05, 0) is 0 Å². The maximum absolute atomic E-state index is 7.72. The highest BCUT2D eigenvalue weighted by Gasteiger charge is 1.58. The van der Waals surface area contributed by atoms with E-state index in [-0.39, 0.29) is 0 Å². The molecule has 40 valence electrons. The van der Waals surface area contributed by atoms with Gasteiger partial charge in [0.15, 0.2) is 0 Å². The summed E-state index contributed by atoms with van der Waals surface area (Å²) in [5, 5.41) is 13.6. The number of nitrogens with zero attached hydrogens (tertiary/aromatic N) is 2. The van der Waals surface area contributed by atoms with Crippen molar-refractivity contribution < 1.29 is 10.0 Å². The lowest BCUT2D eigenvalue weighted by Crippen LogP contribution is -1.74. The predicted octanol–water partition coefficient (Wildman–Crippen LogP) is 0.0786. The fraction of sp³-hybridized carbons (Fsp3) is 0.333. The molecule has 0 saturated carbocycles. The third-order valence-corrected chi connectivity index (χ3v) is 0.300. The lowest BCUT2D eigenvalue weighted by atomic mass is 10.8. The van der Waals surface area contributed by atoms with Gasteiger partial charge < -0.3 is 10.0 Å². The Bertz CT molecular complexity index is 79.0. The van der Waals surface area contributed by atoms with Crippen LogP contribution in [0.1, 0.15) is 0 Å². The molecule has 0 saturated heterocycles. The van der Waals surface area contributed by atoms with Crippen LogP contribution in [-0.4, -0.2) is 24.7 Å². The van der Waals surface area contributed by atoms with E-state index in [0.717, 1.165) is 6.21 Å². The fourth-order valence-corrected chi connectivity index (χ4v) is 0.118. The topological polar surface area (TPSA) is 54.2 Å². The van der Waals surface area contributed by atoms with Crippen molar-refractivity contribution in [3.63, 3.8) is 0 Å². The van der Waals surface area contributed by atoms with Gasteiger partial charge >= 0.3 is 0 Å². The van der Waals surface area contributed by atoms with Gasteiger partial charge in [-0.1, -0.05) is 10.3 Å². The molecule has 0 aromatic heterocycles. The highest BCUT2D eigenvalue weighted by Crippen LogP contribution is 1.58. The molecule has 0 amide bonds. The van der Waals surface area contributed by atoms with Crippen LogP contribution in [0, 0.1) is 0 Å². The molecule has 0 aromatic rings. The van der Waals surface area contributed by atoms with Crippen LogP contribution in [-0.2, 0) is 4.84 Å². The summed E-state index contributed by atoms with van der Waals surface area (Å²) in [5.74, 6) is 0. The van der Waals surface area contributed by atoms with Crippen molar-refractivity contribution >= 4 is 12.4 Å². The van der Waals surface area contributed by atoms with E-state index in [1.807, 2.05) is 0 Å². The zero-order valence-electron chi connectivity index (χ0n) is 3.90. The van der Waals surface area contributed by atoms with Crippen molar-refractivity contribution in [1.82, 2.24) is 0 Å². The molecule has 0 radical (unpaired) electrons. The van der Waals surface area contributed by atoms with E-state index in [9.17, 15) is 0 Å². The summed E-state index contributed by atoms with van der Waals surface area (Å²) in [6.07, 6.45) is 2.32. The molecule has 0 aliphatic carbocycles. The molecule has 0 rings (SSSR count). The highest BCUT2D eigenvalue weighted by molar-refractivity contribution is 6.15. The molecule has 0 aliphatic heterocycles. The Morgan fingerprint density at radius 1 is 1.57 bits per heavy atom. The molecule has 0 spiro atoms. The standard InChI is InChI=1S/C3H6N2O2/c1-7-5-3-2-4-6/h2-3,6H,1H3. The van der Waals surface area contributed by atoms with Gasteiger partial charge in [0.05, 0.1) is 12.4 Å². The van der Waals surface area contributed by atoms with Gasteiger partial charge in [-0.3, -0.25) is 0 Å². The molecule has 4 nitrogen and oxygen atoms in total. The van der Waals surface area contributed by atoms with E-state index < -0.39 is 0 Å². The first kappa shape index (κ1) is 5.94. The second-order valence-corrected chi connectivity index (χ2v) is 0.702. The maximum atomic E-state index is 7.72. The quantitative estimate of drug-likeness (QED) is 0.305. The molecule has 0 fully saturated rings. The van der Waals surface area contributed by atoms with Crippen molar-refractivity contribution in [3.05, 3.63) is 0 Å². The molecule has 7 heavy (non-hydrogen) atoms. The van der Waals surface area contributed by atoms with E-state index in [1.54, 1.807) is 0 Å². The number of hydrogen-bond donors (Lipinski definition) is 1. The van der Waals surface area contributed by atoms with Crippen molar-refractivity contribution in [1.29, 1.82) is 0 Å². The Morgan fingerprint density at radius 2 is 2.29 bits per heavy atom.